The Kier molecular flexibility index (Phi) is 9.17. The summed E-state index contributed by atoms with van der Waals surface area (Å²) in [5.74, 6) is 0.0281. The Morgan fingerprint density at radius 3 is 2.17 bits per heavy atom. The van der Waals surface area contributed by atoms with Gasteiger partial charge in [-0.05, 0) is 24.7 Å². The first-order valence-corrected chi connectivity index (χ1v) is 8.15. The topological polar surface area (TPSA) is 47.6 Å². The number of benzene rings is 1. The molecule has 0 aliphatic carbocycles. The largest absolute Gasteiger partial charge is 0.351 e. The Hall–Kier alpha value is -1.14. The molecule has 1 saturated heterocycles. The molecule has 1 amide bonds. The van der Waals surface area contributed by atoms with Crippen molar-refractivity contribution in [2.75, 3.05) is 46.3 Å². The summed E-state index contributed by atoms with van der Waals surface area (Å²) in [7, 11) is 1.77. The highest BCUT2D eigenvalue weighted by atomic mass is 35.5. The van der Waals surface area contributed by atoms with Gasteiger partial charge in [0.25, 0.3) is 0 Å². The van der Waals surface area contributed by atoms with E-state index >= 15 is 0 Å². The van der Waals surface area contributed by atoms with Gasteiger partial charge >= 0.3 is 0 Å². The minimum absolute atomic E-state index is 0. The molecule has 1 aliphatic rings. The molecule has 5 nitrogen and oxygen atoms in total. The van der Waals surface area contributed by atoms with Crippen LogP contribution in [0.2, 0.25) is 0 Å². The molecular formula is C17H29ClN4O. The molecule has 1 aliphatic heterocycles. The van der Waals surface area contributed by atoms with E-state index in [2.05, 4.69) is 51.6 Å². The minimum Gasteiger partial charge on any atom is -0.351 e. The van der Waals surface area contributed by atoms with Gasteiger partial charge in [-0.25, -0.2) is 0 Å². The molecule has 1 aromatic carbocycles. The second kappa shape index (κ2) is 10.6. The highest BCUT2D eigenvalue weighted by molar-refractivity contribution is 5.85. The van der Waals surface area contributed by atoms with E-state index in [0.29, 0.717) is 13.1 Å². The zero-order chi connectivity index (χ0) is 15.8. The van der Waals surface area contributed by atoms with Gasteiger partial charge in [0, 0.05) is 39.3 Å². The van der Waals surface area contributed by atoms with Crippen LogP contribution in [0.3, 0.4) is 0 Å². The first-order chi connectivity index (χ1) is 10.7. The quantitative estimate of drug-likeness (QED) is 0.780. The normalized spacial score (nSPS) is 15.9. The van der Waals surface area contributed by atoms with Crippen LogP contribution in [0.25, 0.3) is 0 Å². The average molecular weight is 341 g/mol. The molecule has 2 N–H and O–H groups in total. The maximum absolute atomic E-state index is 11.4. The number of likely N-dealkylation sites (N-methyl/N-ethyl adjacent to an activating group) is 2. The van der Waals surface area contributed by atoms with Gasteiger partial charge in [0.15, 0.2) is 0 Å². The third-order valence-electron chi connectivity index (χ3n) is 4.17. The maximum Gasteiger partial charge on any atom is 0.234 e. The molecule has 1 aromatic rings. The molecule has 0 unspecified atom stereocenters. The molecule has 23 heavy (non-hydrogen) atoms. The molecule has 0 saturated carbocycles. The number of hydrogen-bond donors (Lipinski definition) is 2. The predicted octanol–water partition coefficient (Wildman–Crippen LogP) is 1.08. The number of hydrogen-bond acceptors (Lipinski definition) is 4. The Labute approximate surface area is 145 Å². The minimum atomic E-state index is 0. The third-order valence-corrected chi connectivity index (χ3v) is 4.17. The lowest BCUT2D eigenvalue weighted by atomic mass is 10.1. The Morgan fingerprint density at radius 2 is 1.61 bits per heavy atom. The second-order valence-electron chi connectivity index (χ2n) is 5.83. The monoisotopic (exact) mass is 340 g/mol. The molecule has 0 aromatic heterocycles. The second-order valence-corrected chi connectivity index (χ2v) is 5.83. The SMILES string of the molecule is CCN1CCN(Cc2ccc(CNC(=O)CNC)cc2)CC1.Cl. The molecule has 0 bridgehead atoms. The Bertz CT molecular complexity index is 458. The van der Waals surface area contributed by atoms with E-state index in [9.17, 15) is 4.79 Å². The van der Waals surface area contributed by atoms with Crippen LogP contribution < -0.4 is 10.6 Å². The number of nitrogens with zero attached hydrogens (tertiary/aromatic N) is 2. The van der Waals surface area contributed by atoms with Crippen LogP contribution in [-0.2, 0) is 17.9 Å². The number of halogens is 1. The molecule has 130 valence electrons. The lowest BCUT2D eigenvalue weighted by Crippen LogP contribution is -2.45. The average Bonchev–Trinajstić information content (AvgIpc) is 2.55. The van der Waals surface area contributed by atoms with Crippen LogP contribution in [0, 0.1) is 0 Å². The van der Waals surface area contributed by atoms with Crippen molar-refractivity contribution < 1.29 is 4.79 Å². The summed E-state index contributed by atoms with van der Waals surface area (Å²) in [6.07, 6.45) is 0. The molecule has 6 heteroatoms. The maximum atomic E-state index is 11.4. The van der Waals surface area contributed by atoms with E-state index in [0.717, 1.165) is 31.7 Å². The van der Waals surface area contributed by atoms with Gasteiger partial charge in [-0.3, -0.25) is 9.69 Å². The summed E-state index contributed by atoms with van der Waals surface area (Å²) in [6.45, 7) is 10.00. The standard InChI is InChI=1S/C17H28N4O.ClH/c1-3-20-8-10-21(11-9-20)14-16-6-4-15(5-7-16)12-19-17(22)13-18-2;/h4-7,18H,3,8-14H2,1-2H3,(H,19,22);1H. The van der Waals surface area contributed by atoms with Crippen molar-refractivity contribution in [2.24, 2.45) is 0 Å². The van der Waals surface area contributed by atoms with Crippen molar-refractivity contribution in [1.29, 1.82) is 0 Å². The summed E-state index contributed by atoms with van der Waals surface area (Å²) < 4.78 is 0. The van der Waals surface area contributed by atoms with Crippen molar-refractivity contribution in [3.8, 4) is 0 Å². The van der Waals surface area contributed by atoms with Crippen LogP contribution in [0.4, 0.5) is 0 Å². The third kappa shape index (κ3) is 6.87. The first kappa shape index (κ1) is 19.9. The van der Waals surface area contributed by atoms with Gasteiger partial charge in [-0.2, -0.15) is 0 Å². The van der Waals surface area contributed by atoms with Gasteiger partial charge in [0.2, 0.25) is 5.91 Å². The fraction of sp³-hybridized carbons (Fsp3) is 0.588. The summed E-state index contributed by atoms with van der Waals surface area (Å²) in [5.41, 5.74) is 2.49. The van der Waals surface area contributed by atoms with Crippen molar-refractivity contribution in [3.05, 3.63) is 35.4 Å². The summed E-state index contributed by atoms with van der Waals surface area (Å²) in [6, 6.07) is 8.56. The first-order valence-electron chi connectivity index (χ1n) is 8.15. The summed E-state index contributed by atoms with van der Waals surface area (Å²) in [5, 5.41) is 5.74. The number of carbonyl (C=O) groups is 1. The van der Waals surface area contributed by atoms with Gasteiger partial charge in [-0.15, -0.1) is 12.4 Å². The number of rotatable bonds is 7. The zero-order valence-corrected chi connectivity index (χ0v) is 15.0. The van der Waals surface area contributed by atoms with Gasteiger partial charge in [0.1, 0.15) is 0 Å². The smallest absolute Gasteiger partial charge is 0.234 e. The number of piperazine rings is 1. The Morgan fingerprint density at radius 1 is 1.04 bits per heavy atom. The van der Waals surface area contributed by atoms with E-state index in [4.69, 9.17) is 0 Å². The molecule has 2 rings (SSSR count). The molecule has 0 atom stereocenters. The van der Waals surface area contributed by atoms with Crippen molar-refractivity contribution >= 4 is 18.3 Å². The number of amides is 1. The lowest BCUT2D eigenvalue weighted by Gasteiger charge is -2.34. The van der Waals surface area contributed by atoms with Crippen LogP contribution in [0.5, 0.6) is 0 Å². The fourth-order valence-electron chi connectivity index (χ4n) is 2.71. The molecule has 1 fully saturated rings. The molecular weight excluding hydrogens is 312 g/mol. The van der Waals surface area contributed by atoms with E-state index in [-0.39, 0.29) is 18.3 Å². The van der Waals surface area contributed by atoms with Crippen molar-refractivity contribution in [2.45, 2.75) is 20.0 Å². The van der Waals surface area contributed by atoms with Gasteiger partial charge in [-0.1, -0.05) is 31.2 Å². The molecule has 0 spiro atoms. The van der Waals surface area contributed by atoms with Crippen molar-refractivity contribution in [1.82, 2.24) is 20.4 Å². The highest BCUT2D eigenvalue weighted by Crippen LogP contribution is 2.10. The van der Waals surface area contributed by atoms with Crippen molar-refractivity contribution in [3.63, 3.8) is 0 Å². The summed E-state index contributed by atoms with van der Waals surface area (Å²) in [4.78, 5) is 16.4. The van der Waals surface area contributed by atoms with Crippen LogP contribution >= 0.6 is 12.4 Å². The van der Waals surface area contributed by atoms with E-state index < -0.39 is 0 Å². The van der Waals surface area contributed by atoms with Gasteiger partial charge < -0.3 is 15.5 Å². The lowest BCUT2D eigenvalue weighted by molar-refractivity contribution is -0.120. The fourth-order valence-corrected chi connectivity index (χ4v) is 2.71. The van der Waals surface area contributed by atoms with Crippen LogP contribution in [0.1, 0.15) is 18.1 Å². The van der Waals surface area contributed by atoms with E-state index in [1.165, 1.54) is 18.7 Å². The summed E-state index contributed by atoms with van der Waals surface area (Å²) >= 11 is 0. The number of nitrogens with one attached hydrogen (secondary N) is 2. The van der Waals surface area contributed by atoms with E-state index in [1.807, 2.05) is 0 Å². The highest BCUT2D eigenvalue weighted by Gasteiger charge is 2.15. The number of carbonyl (C=O) groups excluding carboxylic acids is 1. The predicted molar refractivity (Wildman–Crippen MR) is 96.9 cm³/mol. The van der Waals surface area contributed by atoms with Crippen LogP contribution in [0.15, 0.2) is 24.3 Å². The van der Waals surface area contributed by atoms with Gasteiger partial charge in [0.05, 0.1) is 6.54 Å². The zero-order valence-electron chi connectivity index (χ0n) is 14.2. The van der Waals surface area contributed by atoms with Crippen LogP contribution in [-0.4, -0.2) is 62.0 Å². The van der Waals surface area contributed by atoms with E-state index in [1.54, 1.807) is 7.05 Å². The molecule has 1 heterocycles. The Balaban J connectivity index is 0.00000264. The molecule has 0 radical (unpaired) electrons.